The van der Waals surface area contributed by atoms with Crippen molar-refractivity contribution in [3.05, 3.63) is 81.4 Å². The first-order chi connectivity index (χ1) is 23.3. The molecule has 3 aromatic carbocycles. The summed E-state index contributed by atoms with van der Waals surface area (Å²) in [7, 11) is 2.84. The Balaban J connectivity index is 0.00000486. The molecule has 0 spiro atoms. The van der Waals surface area contributed by atoms with Gasteiger partial charge < -0.3 is 45.1 Å². The van der Waals surface area contributed by atoms with Gasteiger partial charge in [-0.05, 0) is 44.2 Å². The number of halogens is 1. The SMILES string of the molecule is COc1ccc(C(=O)N/N=C(\C)[C@]2(O)Cc3c(O)c4c(c(O)c3[C@@H](OC3CC(N)C(O)C(C)O3)C2)C(=O)c2c(OC)cccc2C4=O)cc1.Cl. The van der Waals surface area contributed by atoms with Gasteiger partial charge in [0.2, 0.25) is 5.78 Å². The first-order valence-electron chi connectivity index (χ1n) is 15.6. The fourth-order valence-electron chi connectivity index (χ4n) is 6.71. The van der Waals surface area contributed by atoms with Gasteiger partial charge in [0.25, 0.3) is 5.91 Å². The Kier molecular flexibility index (Phi) is 10.3. The van der Waals surface area contributed by atoms with E-state index in [1.807, 2.05) is 0 Å². The van der Waals surface area contributed by atoms with Gasteiger partial charge in [-0.3, -0.25) is 14.4 Å². The third-order valence-corrected chi connectivity index (χ3v) is 9.49. The lowest BCUT2D eigenvalue weighted by Crippen LogP contribution is -2.52. The van der Waals surface area contributed by atoms with Crippen molar-refractivity contribution in [2.45, 2.75) is 69.4 Å². The van der Waals surface area contributed by atoms with Crippen molar-refractivity contribution in [3.63, 3.8) is 0 Å². The van der Waals surface area contributed by atoms with E-state index in [4.69, 9.17) is 24.7 Å². The van der Waals surface area contributed by atoms with Crippen LogP contribution in [-0.4, -0.2) is 88.0 Å². The highest BCUT2D eigenvalue weighted by molar-refractivity contribution is 6.31. The van der Waals surface area contributed by atoms with Crippen molar-refractivity contribution < 1.29 is 53.8 Å². The molecule has 3 aromatic rings. The van der Waals surface area contributed by atoms with Gasteiger partial charge in [0.15, 0.2) is 12.1 Å². The van der Waals surface area contributed by atoms with Crippen molar-refractivity contribution in [2.75, 3.05) is 14.2 Å². The van der Waals surface area contributed by atoms with Gasteiger partial charge in [0.1, 0.15) is 28.6 Å². The normalized spacial score (nSPS) is 25.8. The Labute approximate surface area is 293 Å². The monoisotopic (exact) mass is 711 g/mol. The van der Waals surface area contributed by atoms with E-state index in [1.54, 1.807) is 19.1 Å². The van der Waals surface area contributed by atoms with Gasteiger partial charge in [-0.15, -0.1) is 12.4 Å². The molecule has 266 valence electrons. The van der Waals surface area contributed by atoms with E-state index in [1.165, 1.54) is 51.5 Å². The van der Waals surface area contributed by atoms with Crippen LogP contribution in [0.2, 0.25) is 0 Å². The molecule has 15 heteroatoms. The lowest BCUT2D eigenvalue weighted by Gasteiger charge is -2.42. The molecule has 4 unspecified atom stereocenters. The highest BCUT2D eigenvalue weighted by atomic mass is 35.5. The Bertz CT molecular complexity index is 1870. The predicted molar refractivity (Wildman–Crippen MR) is 180 cm³/mol. The molecule has 0 aromatic heterocycles. The zero-order valence-electron chi connectivity index (χ0n) is 27.6. The maximum Gasteiger partial charge on any atom is 0.271 e. The highest BCUT2D eigenvalue weighted by Gasteiger charge is 2.49. The molecule has 6 atom stereocenters. The second-order valence-electron chi connectivity index (χ2n) is 12.4. The van der Waals surface area contributed by atoms with Crippen molar-refractivity contribution in [1.29, 1.82) is 0 Å². The zero-order chi connectivity index (χ0) is 35.4. The summed E-state index contributed by atoms with van der Waals surface area (Å²) in [6.45, 7) is 3.08. The van der Waals surface area contributed by atoms with Crippen LogP contribution in [0.3, 0.4) is 0 Å². The van der Waals surface area contributed by atoms with E-state index >= 15 is 0 Å². The summed E-state index contributed by atoms with van der Waals surface area (Å²) in [6, 6.07) is 10.0. The number of hydrogen-bond acceptors (Lipinski definition) is 13. The Morgan fingerprint density at radius 3 is 2.34 bits per heavy atom. The molecule has 1 amide bonds. The summed E-state index contributed by atoms with van der Waals surface area (Å²) < 4.78 is 22.6. The Morgan fingerprint density at radius 1 is 1.02 bits per heavy atom. The number of phenols is 2. The van der Waals surface area contributed by atoms with Crippen LogP contribution in [0.15, 0.2) is 47.6 Å². The molecule has 0 saturated carbocycles. The second-order valence-corrected chi connectivity index (χ2v) is 12.4. The maximum absolute atomic E-state index is 13.9. The summed E-state index contributed by atoms with van der Waals surface area (Å²) in [5.74, 6) is -2.62. The van der Waals surface area contributed by atoms with Crippen LogP contribution in [0, 0.1) is 0 Å². The minimum absolute atomic E-state index is 0. The smallest absolute Gasteiger partial charge is 0.271 e. The van der Waals surface area contributed by atoms with Crippen LogP contribution in [0.1, 0.15) is 86.1 Å². The zero-order valence-corrected chi connectivity index (χ0v) is 28.4. The lowest BCUT2D eigenvalue weighted by molar-refractivity contribution is -0.245. The number of fused-ring (bicyclic) bond motifs is 3. The Morgan fingerprint density at radius 2 is 1.70 bits per heavy atom. The molecule has 1 heterocycles. The van der Waals surface area contributed by atoms with E-state index in [9.17, 15) is 34.8 Å². The molecule has 1 saturated heterocycles. The molecule has 1 aliphatic heterocycles. The number of ketones is 2. The fourth-order valence-corrected chi connectivity index (χ4v) is 6.71. The molecule has 14 nitrogen and oxygen atoms in total. The van der Waals surface area contributed by atoms with E-state index in [2.05, 4.69) is 10.5 Å². The maximum atomic E-state index is 13.9. The summed E-state index contributed by atoms with van der Waals surface area (Å²) in [5, 5.41) is 50.1. The summed E-state index contributed by atoms with van der Waals surface area (Å²) in [5.41, 5.74) is 5.89. The van der Waals surface area contributed by atoms with Gasteiger partial charge in [0, 0.05) is 47.6 Å². The summed E-state index contributed by atoms with van der Waals surface area (Å²) in [4.78, 5) is 40.6. The van der Waals surface area contributed by atoms with Crippen molar-refractivity contribution >= 4 is 35.6 Å². The molecule has 3 aliphatic rings. The number of ether oxygens (including phenoxy) is 4. The number of rotatable bonds is 7. The van der Waals surface area contributed by atoms with E-state index in [0.717, 1.165) is 0 Å². The van der Waals surface area contributed by atoms with Crippen LogP contribution >= 0.6 is 12.4 Å². The average molecular weight is 712 g/mol. The molecule has 7 N–H and O–H groups in total. The quantitative estimate of drug-likeness (QED) is 0.0926. The fraction of sp³-hybridized carbons (Fsp3) is 0.371. The number of nitrogens with two attached hydrogens (primary N) is 1. The van der Waals surface area contributed by atoms with Crippen LogP contribution in [0.4, 0.5) is 0 Å². The molecular weight excluding hydrogens is 674 g/mol. The van der Waals surface area contributed by atoms with Gasteiger partial charge in [-0.25, -0.2) is 5.43 Å². The molecule has 1 fully saturated rings. The molecule has 50 heavy (non-hydrogen) atoms. The molecule has 0 bridgehead atoms. The lowest BCUT2D eigenvalue weighted by atomic mass is 9.71. The predicted octanol–water partition coefficient (Wildman–Crippen LogP) is 2.68. The number of hydrogen-bond donors (Lipinski definition) is 6. The second kappa shape index (κ2) is 14.0. The number of amides is 1. The van der Waals surface area contributed by atoms with Crippen LogP contribution in [-0.2, 0) is 15.9 Å². The number of phenolic OH excluding ortho intramolecular Hbond substituents is 2. The number of nitrogens with zero attached hydrogens (tertiary/aromatic N) is 1. The minimum Gasteiger partial charge on any atom is -0.507 e. The van der Waals surface area contributed by atoms with Crippen LogP contribution < -0.4 is 20.6 Å². The third-order valence-electron chi connectivity index (χ3n) is 9.49. The standard InChI is InChI=1S/C35H37N3O11.ClH/c1-15-29(39)21(36)12-24(48-15)49-23-14-35(45,16(2)37-38-34(44)17-8-10-18(46-3)11-9-17)13-20-26(23)33(43)28-27(31(20)41)30(40)19-6-5-7-22(47-4)25(19)32(28)42;/h5-11,15,21,23-24,29,39,41,43,45H,12-14,36H2,1-4H3,(H,38,44);1H/b37-16+;/t15?,21?,23-,24?,29?,35-;/m0./s1. The third kappa shape index (κ3) is 6.19. The van der Waals surface area contributed by atoms with Crippen molar-refractivity contribution in [1.82, 2.24) is 5.43 Å². The van der Waals surface area contributed by atoms with Crippen LogP contribution in [0.25, 0.3) is 0 Å². The molecule has 6 rings (SSSR count). The topological polar surface area (TPSA) is 219 Å². The summed E-state index contributed by atoms with van der Waals surface area (Å²) in [6.07, 6.45) is -4.60. The number of aliphatic hydroxyl groups excluding tert-OH is 1. The molecule has 0 radical (unpaired) electrons. The largest absolute Gasteiger partial charge is 0.507 e. The number of carbonyl (C=O) groups excluding carboxylic acids is 3. The van der Waals surface area contributed by atoms with Gasteiger partial charge in [0.05, 0.1) is 54.9 Å². The van der Waals surface area contributed by atoms with Crippen LogP contribution in [0.5, 0.6) is 23.0 Å². The number of aromatic hydroxyl groups is 2. The van der Waals surface area contributed by atoms with Gasteiger partial charge in [-0.1, -0.05) is 12.1 Å². The van der Waals surface area contributed by atoms with Gasteiger partial charge in [-0.2, -0.15) is 5.10 Å². The number of aliphatic hydroxyl groups is 2. The number of carbonyl (C=O) groups is 3. The first-order valence-corrected chi connectivity index (χ1v) is 15.6. The molecule has 2 aliphatic carbocycles. The number of methoxy groups -OCH3 is 2. The number of nitrogens with one attached hydrogen (secondary N) is 1. The first kappa shape index (κ1) is 36.7. The highest BCUT2D eigenvalue weighted by Crippen LogP contribution is 2.52. The number of hydrazone groups is 1. The van der Waals surface area contributed by atoms with E-state index in [0.29, 0.717) is 5.75 Å². The number of benzene rings is 3. The average Bonchev–Trinajstić information content (AvgIpc) is 3.09. The molecular formula is C35H38ClN3O11. The Hall–Kier alpha value is -4.57. The van der Waals surface area contributed by atoms with Gasteiger partial charge >= 0.3 is 0 Å². The van der Waals surface area contributed by atoms with Crippen molar-refractivity contribution in [2.24, 2.45) is 10.8 Å². The minimum atomic E-state index is -1.91. The van der Waals surface area contributed by atoms with E-state index < -0.39 is 76.3 Å². The van der Waals surface area contributed by atoms with Crippen molar-refractivity contribution in [3.8, 4) is 23.0 Å². The summed E-state index contributed by atoms with van der Waals surface area (Å²) >= 11 is 0. The van der Waals surface area contributed by atoms with E-state index in [-0.39, 0.29) is 70.9 Å².